The zero-order valence-electron chi connectivity index (χ0n) is 10.4. The molecule has 2 heterocycles. The van der Waals surface area contributed by atoms with Gasteiger partial charge in [0.05, 0.1) is 0 Å². The Hall–Kier alpha value is -1.18. The van der Waals surface area contributed by atoms with Gasteiger partial charge >= 0.3 is 6.18 Å². The highest BCUT2D eigenvalue weighted by atomic mass is 32.2. The van der Waals surface area contributed by atoms with Crippen molar-refractivity contribution in [1.29, 1.82) is 0 Å². The van der Waals surface area contributed by atoms with Crippen molar-refractivity contribution in [3.63, 3.8) is 0 Å². The van der Waals surface area contributed by atoms with Gasteiger partial charge in [-0.2, -0.15) is 24.9 Å². The number of alkyl halides is 3. The van der Waals surface area contributed by atoms with Crippen LogP contribution in [-0.4, -0.2) is 34.6 Å². The Morgan fingerprint density at radius 2 is 2.11 bits per heavy atom. The molecule has 19 heavy (non-hydrogen) atoms. The molecule has 0 bridgehead atoms. The van der Waals surface area contributed by atoms with Crippen molar-refractivity contribution in [2.45, 2.75) is 24.3 Å². The number of nitrogens with zero attached hydrogens (tertiary/aromatic N) is 2. The molecule has 4 nitrogen and oxygen atoms in total. The van der Waals surface area contributed by atoms with Crippen molar-refractivity contribution in [1.82, 2.24) is 9.97 Å². The van der Waals surface area contributed by atoms with E-state index in [1.165, 1.54) is 13.1 Å². The van der Waals surface area contributed by atoms with Crippen molar-refractivity contribution < 1.29 is 13.2 Å². The van der Waals surface area contributed by atoms with Crippen LogP contribution in [0.25, 0.3) is 0 Å². The van der Waals surface area contributed by atoms with Crippen LogP contribution in [0, 0.1) is 0 Å². The third-order valence-corrected chi connectivity index (χ3v) is 4.17. The molecule has 1 aromatic rings. The second-order valence-electron chi connectivity index (χ2n) is 4.23. The molecule has 1 aliphatic heterocycles. The summed E-state index contributed by atoms with van der Waals surface area (Å²) in [6.07, 6.45) is -2.28. The third kappa shape index (κ3) is 3.89. The number of aromatic nitrogens is 2. The molecule has 1 saturated heterocycles. The maximum absolute atomic E-state index is 12.6. The molecule has 0 aromatic carbocycles. The summed E-state index contributed by atoms with van der Waals surface area (Å²) in [5.74, 6) is 0.357. The molecule has 1 aromatic heterocycles. The summed E-state index contributed by atoms with van der Waals surface area (Å²) >= 11 is 1.84. The van der Waals surface area contributed by atoms with E-state index >= 15 is 0 Å². The van der Waals surface area contributed by atoms with Gasteiger partial charge in [-0.05, 0) is 18.6 Å². The average Bonchev–Trinajstić information content (AvgIpc) is 2.88. The Morgan fingerprint density at radius 1 is 1.37 bits per heavy atom. The Balaban J connectivity index is 2.10. The highest BCUT2D eigenvalue weighted by Crippen LogP contribution is 2.29. The fourth-order valence-electron chi connectivity index (χ4n) is 1.82. The monoisotopic (exact) mass is 292 g/mol. The minimum atomic E-state index is -4.54. The summed E-state index contributed by atoms with van der Waals surface area (Å²) in [6.45, 7) is 0.627. The van der Waals surface area contributed by atoms with E-state index in [0.29, 0.717) is 11.8 Å². The minimum absolute atomic E-state index is 0.156. The summed E-state index contributed by atoms with van der Waals surface area (Å²) in [7, 11) is 1.53. The number of halogens is 3. The number of rotatable bonds is 4. The fourth-order valence-corrected chi connectivity index (χ4v) is 3.02. The first-order chi connectivity index (χ1) is 8.99. The maximum atomic E-state index is 12.6. The van der Waals surface area contributed by atoms with Crippen molar-refractivity contribution in [3.05, 3.63) is 11.9 Å². The van der Waals surface area contributed by atoms with Crippen LogP contribution in [-0.2, 0) is 6.18 Å². The second-order valence-corrected chi connectivity index (χ2v) is 5.63. The van der Waals surface area contributed by atoms with Crippen LogP contribution < -0.4 is 10.6 Å². The van der Waals surface area contributed by atoms with Gasteiger partial charge in [-0.1, -0.05) is 0 Å². The van der Waals surface area contributed by atoms with Crippen LogP contribution in [0.5, 0.6) is 0 Å². The number of hydrogen-bond donors (Lipinski definition) is 2. The summed E-state index contributed by atoms with van der Waals surface area (Å²) in [6, 6.07) is 1.48. The molecule has 106 valence electrons. The largest absolute Gasteiger partial charge is 0.451 e. The summed E-state index contributed by atoms with van der Waals surface area (Å²) in [5.41, 5.74) is 0. The molecule has 0 amide bonds. The highest BCUT2D eigenvalue weighted by Gasteiger charge is 2.35. The molecular weight excluding hydrogens is 277 g/mol. The van der Waals surface area contributed by atoms with Crippen LogP contribution in [0.15, 0.2) is 6.07 Å². The van der Waals surface area contributed by atoms with E-state index in [2.05, 4.69) is 20.6 Å². The SMILES string of the molecule is CNc1cc(NCC2CCCS2)nc(C(F)(F)F)n1. The first-order valence-electron chi connectivity index (χ1n) is 5.98. The smallest absolute Gasteiger partial charge is 0.373 e. The van der Waals surface area contributed by atoms with Crippen LogP contribution in [0.3, 0.4) is 0 Å². The van der Waals surface area contributed by atoms with Crippen LogP contribution in [0.2, 0.25) is 0 Å². The number of nitrogens with one attached hydrogen (secondary N) is 2. The van der Waals surface area contributed by atoms with E-state index in [9.17, 15) is 13.2 Å². The minimum Gasteiger partial charge on any atom is -0.373 e. The van der Waals surface area contributed by atoms with Gasteiger partial charge in [0.25, 0.3) is 0 Å². The first-order valence-corrected chi connectivity index (χ1v) is 7.03. The Kier molecular flexibility index (Phi) is 4.38. The molecule has 1 fully saturated rings. The molecule has 2 rings (SSSR count). The summed E-state index contributed by atoms with van der Waals surface area (Å²) < 4.78 is 37.9. The van der Waals surface area contributed by atoms with Crippen molar-refractivity contribution >= 4 is 23.4 Å². The zero-order valence-corrected chi connectivity index (χ0v) is 11.2. The van der Waals surface area contributed by atoms with Gasteiger partial charge in [0.15, 0.2) is 0 Å². The van der Waals surface area contributed by atoms with Crippen molar-refractivity contribution in [2.75, 3.05) is 30.0 Å². The molecule has 8 heteroatoms. The van der Waals surface area contributed by atoms with Crippen LogP contribution in [0.1, 0.15) is 18.7 Å². The van der Waals surface area contributed by atoms with E-state index in [0.717, 1.165) is 18.6 Å². The van der Waals surface area contributed by atoms with Gasteiger partial charge < -0.3 is 10.6 Å². The number of hydrogen-bond acceptors (Lipinski definition) is 5. The second kappa shape index (κ2) is 5.85. The van der Waals surface area contributed by atoms with Gasteiger partial charge in [0, 0.05) is 24.9 Å². The Labute approximate surface area is 113 Å². The van der Waals surface area contributed by atoms with Gasteiger partial charge in [-0.3, -0.25) is 0 Å². The maximum Gasteiger partial charge on any atom is 0.451 e. The van der Waals surface area contributed by atoms with Gasteiger partial charge in [-0.15, -0.1) is 0 Å². The van der Waals surface area contributed by atoms with E-state index in [1.54, 1.807) is 0 Å². The van der Waals surface area contributed by atoms with E-state index in [1.807, 2.05) is 11.8 Å². The molecule has 1 atom stereocenters. The molecular formula is C11H15F3N4S. The van der Waals surface area contributed by atoms with Gasteiger partial charge in [0.1, 0.15) is 11.6 Å². The van der Waals surface area contributed by atoms with Crippen molar-refractivity contribution in [2.24, 2.45) is 0 Å². The van der Waals surface area contributed by atoms with Crippen LogP contribution >= 0.6 is 11.8 Å². The first kappa shape index (κ1) is 14.2. The fraction of sp³-hybridized carbons (Fsp3) is 0.636. The average molecular weight is 292 g/mol. The van der Waals surface area contributed by atoms with E-state index < -0.39 is 12.0 Å². The van der Waals surface area contributed by atoms with E-state index in [4.69, 9.17) is 0 Å². The standard InChI is InChI=1S/C11H15F3N4S/c1-15-8-5-9(16-6-7-3-2-4-19-7)18-10(17-8)11(12,13)14/h5,7H,2-4,6H2,1H3,(H2,15,16,17,18). The van der Waals surface area contributed by atoms with E-state index in [-0.39, 0.29) is 11.6 Å². The molecule has 1 aliphatic rings. The quantitative estimate of drug-likeness (QED) is 0.893. The lowest BCUT2D eigenvalue weighted by Crippen LogP contribution is -2.18. The Morgan fingerprint density at radius 3 is 2.68 bits per heavy atom. The van der Waals surface area contributed by atoms with Gasteiger partial charge in [0.2, 0.25) is 5.82 Å². The number of anilines is 2. The lowest BCUT2D eigenvalue weighted by molar-refractivity contribution is -0.144. The molecule has 2 N–H and O–H groups in total. The zero-order chi connectivity index (χ0) is 13.9. The Bertz CT molecular complexity index is 432. The molecule has 0 aliphatic carbocycles. The summed E-state index contributed by atoms with van der Waals surface area (Å²) in [5, 5.41) is 6.02. The van der Waals surface area contributed by atoms with Gasteiger partial charge in [-0.25, -0.2) is 9.97 Å². The van der Waals surface area contributed by atoms with Crippen molar-refractivity contribution in [3.8, 4) is 0 Å². The molecule has 0 saturated carbocycles. The number of thioether (sulfide) groups is 1. The van der Waals surface area contributed by atoms with Crippen LogP contribution in [0.4, 0.5) is 24.8 Å². The summed E-state index contributed by atoms with van der Waals surface area (Å²) in [4.78, 5) is 6.93. The predicted molar refractivity (Wildman–Crippen MR) is 70.6 cm³/mol. The molecule has 0 spiro atoms. The lowest BCUT2D eigenvalue weighted by atomic mass is 10.2. The molecule has 1 unspecified atom stereocenters. The third-order valence-electron chi connectivity index (χ3n) is 2.77. The normalized spacial score (nSPS) is 19.5. The highest BCUT2D eigenvalue weighted by molar-refractivity contribution is 8.00. The molecule has 0 radical (unpaired) electrons. The lowest BCUT2D eigenvalue weighted by Gasteiger charge is -2.13. The predicted octanol–water partition coefficient (Wildman–Crippen LogP) is 2.84. The topological polar surface area (TPSA) is 49.8 Å².